The first-order valence-corrected chi connectivity index (χ1v) is 4.96. The summed E-state index contributed by atoms with van der Waals surface area (Å²) in [6.07, 6.45) is 5.77. The summed E-state index contributed by atoms with van der Waals surface area (Å²) in [6, 6.07) is 1.22. The van der Waals surface area contributed by atoms with E-state index in [9.17, 15) is 0 Å². The summed E-state index contributed by atoms with van der Waals surface area (Å²) in [6.45, 7) is 8.23. The molecule has 0 amide bonds. The van der Waals surface area contributed by atoms with Gasteiger partial charge in [-0.15, -0.1) is 6.58 Å². The molecule has 1 saturated heterocycles. The summed E-state index contributed by atoms with van der Waals surface area (Å²) in [5.74, 6) is 0. The molecule has 0 aromatic carbocycles. The van der Waals surface area contributed by atoms with Gasteiger partial charge >= 0.3 is 0 Å². The third-order valence-corrected chi connectivity index (χ3v) is 2.38. The second kappa shape index (κ2) is 5.33. The maximum Gasteiger partial charge on any atom is 0.0251 e. The first-order valence-electron chi connectivity index (χ1n) is 4.96. The van der Waals surface area contributed by atoms with E-state index in [0.717, 1.165) is 13.1 Å². The van der Waals surface area contributed by atoms with E-state index in [-0.39, 0.29) is 0 Å². The zero-order valence-corrected chi connectivity index (χ0v) is 7.97. The molecule has 2 heteroatoms. The molecule has 1 aliphatic heterocycles. The molecule has 0 aromatic rings. The van der Waals surface area contributed by atoms with Crippen molar-refractivity contribution in [2.75, 3.05) is 13.1 Å². The van der Waals surface area contributed by atoms with Gasteiger partial charge in [-0.05, 0) is 25.8 Å². The third kappa shape index (κ3) is 2.95. The third-order valence-electron chi connectivity index (χ3n) is 2.38. The second-order valence-corrected chi connectivity index (χ2v) is 3.49. The Morgan fingerprint density at radius 1 is 1.58 bits per heavy atom. The van der Waals surface area contributed by atoms with Gasteiger partial charge in [0.15, 0.2) is 0 Å². The SMILES string of the molecule is C=CC1CCC(CNCCC)N1. The van der Waals surface area contributed by atoms with Gasteiger partial charge in [-0.25, -0.2) is 0 Å². The Bertz CT molecular complexity index is 134. The molecule has 0 bridgehead atoms. The first kappa shape index (κ1) is 9.75. The Kier molecular flexibility index (Phi) is 4.33. The summed E-state index contributed by atoms with van der Waals surface area (Å²) < 4.78 is 0. The van der Waals surface area contributed by atoms with Crippen molar-refractivity contribution in [1.82, 2.24) is 10.6 Å². The van der Waals surface area contributed by atoms with E-state index in [1.807, 2.05) is 6.08 Å². The van der Waals surface area contributed by atoms with Crippen molar-refractivity contribution in [2.24, 2.45) is 0 Å². The van der Waals surface area contributed by atoms with Gasteiger partial charge in [0.2, 0.25) is 0 Å². The summed E-state index contributed by atoms with van der Waals surface area (Å²) in [7, 11) is 0. The highest BCUT2D eigenvalue weighted by molar-refractivity contribution is 4.94. The molecular weight excluding hydrogens is 148 g/mol. The van der Waals surface area contributed by atoms with Crippen LogP contribution in [0.15, 0.2) is 12.7 Å². The Morgan fingerprint density at radius 2 is 2.42 bits per heavy atom. The molecule has 1 heterocycles. The topological polar surface area (TPSA) is 24.1 Å². The van der Waals surface area contributed by atoms with Crippen LogP contribution in [0.1, 0.15) is 26.2 Å². The molecule has 2 atom stereocenters. The van der Waals surface area contributed by atoms with Crippen LogP contribution in [0.3, 0.4) is 0 Å². The Labute approximate surface area is 75.4 Å². The van der Waals surface area contributed by atoms with Crippen LogP contribution >= 0.6 is 0 Å². The van der Waals surface area contributed by atoms with Crippen molar-refractivity contribution in [3.8, 4) is 0 Å². The monoisotopic (exact) mass is 168 g/mol. The zero-order chi connectivity index (χ0) is 8.81. The van der Waals surface area contributed by atoms with Gasteiger partial charge in [0.1, 0.15) is 0 Å². The van der Waals surface area contributed by atoms with Gasteiger partial charge in [-0.1, -0.05) is 13.0 Å². The van der Waals surface area contributed by atoms with Crippen LogP contribution in [0.25, 0.3) is 0 Å². The van der Waals surface area contributed by atoms with Crippen molar-refractivity contribution in [1.29, 1.82) is 0 Å². The Hall–Kier alpha value is -0.340. The highest BCUT2D eigenvalue weighted by Crippen LogP contribution is 2.11. The quantitative estimate of drug-likeness (QED) is 0.477. The predicted octanol–water partition coefficient (Wildman–Crippen LogP) is 1.29. The Morgan fingerprint density at radius 3 is 3.00 bits per heavy atom. The van der Waals surface area contributed by atoms with E-state index in [1.165, 1.54) is 19.3 Å². The minimum atomic E-state index is 0.554. The van der Waals surface area contributed by atoms with E-state index in [4.69, 9.17) is 0 Å². The lowest BCUT2D eigenvalue weighted by molar-refractivity contribution is 0.522. The maximum atomic E-state index is 3.79. The van der Waals surface area contributed by atoms with Crippen LogP contribution in [0.5, 0.6) is 0 Å². The minimum absolute atomic E-state index is 0.554. The summed E-state index contributed by atoms with van der Waals surface area (Å²) in [5.41, 5.74) is 0. The van der Waals surface area contributed by atoms with Gasteiger partial charge in [0.05, 0.1) is 0 Å². The van der Waals surface area contributed by atoms with Gasteiger partial charge in [0, 0.05) is 18.6 Å². The van der Waals surface area contributed by atoms with Crippen LogP contribution in [0.2, 0.25) is 0 Å². The van der Waals surface area contributed by atoms with Crippen LogP contribution < -0.4 is 10.6 Å². The average molecular weight is 168 g/mol. The molecule has 0 spiro atoms. The van der Waals surface area contributed by atoms with E-state index in [2.05, 4.69) is 24.1 Å². The molecule has 0 aromatic heterocycles. The molecule has 1 rings (SSSR count). The minimum Gasteiger partial charge on any atom is -0.315 e. The van der Waals surface area contributed by atoms with Crippen LogP contribution in [0.4, 0.5) is 0 Å². The summed E-state index contributed by atoms with van der Waals surface area (Å²) in [4.78, 5) is 0. The molecule has 12 heavy (non-hydrogen) atoms. The van der Waals surface area contributed by atoms with E-state index in [0.29, 0.717) is 12.1 Å². The standard InChI is InChI=1S/C10H20N2/c1-3-7-11-8-10-6-5-9(4-2)12-10/h4,9-12H,2-3,5-8H2,1H3. The summed E-state index contributed by atoms with van der Waals surface area (Å²) >= 11 is 0. The van der Waals surface area contributed by atoms with Crippen molar-refractivity contribution in [3.63, 3.8) is 0 Å². The highest BCUT2D eigenvalue weighted by Gasteiger charge is 2.20. The highest BCUT2D eigenvalue weighted by atomic mass is 15.0. The molecule has 1 aliphatic rings. The normalized spacial score (nSPS) is 29.1. The van der Waals surface area contributed by atoms with Crippen molar-refractivity contribution < 1.29 is 0 Å². The molecule has 1 fully saturated rings. The van der Waals surface area contributed by atoms with E-state index >= 15 is 0 Å². The molecule has 0 saturated carbocycles. The molecule has 0 radical (unpaired) electrons. The molecule has 2 N–H and O–H groups in total. The fraction of sp³-hybridized carbons (Fsp3) is 0.800. The Balaban J connectivity index is 2.06. The lowest BCUT2D eigenvalue weighted by Crippen LogP contribution is -2.36. The number of rotatable bonds is 5. The summed E-state index contributed by atoms with van der Waals surface area (Å²) in [5, 5.41) is 6.94. The number of hydrogen-bond donors (Lipinski definition) is 2. The molecular formula is C10H20N2. The van der Waals surface area contributed by atoms with Gasteiger partial charge in [-0.3, -0.25) is 0 Å². The number of hydrogen-bond acceptors (Lipinski definition) is 2. The lowest BCUT2D eigenvalue weighted by Gasteiger charge is -2.12. The second-order valence-electron chi connectivity index (χ2n) is 3.49. The molecule has 2 nitrogen and oxygen atoms in total. The van der Waals surface area contributed by atoms with Crippen molar-refractivity contribution in [2.45, 2.75) is 38.3 Å². The molecule has 70 valence electrons. The lowest BCUT2D eigenvalue weighted by atomic mass is 10.2. The number of nitrogens with one attached hydrogen (secondary N) is 2. The van der Waals surface area contributed by atoms with Crippen LogP contribution in [0, 0.1) is 0 Å². The van der Waals surface area contributed by atoms with Crippen LogP contribution in [-0.2, 0) is 0 Å². The van der Waals surface area contributed by atoms with Crippen molar-refractivity contribution in [3.05, 3.63) is 12.7 Å². The van der Waals surface area contributed by atoms with Gasteiger partial charge in [0.25, 0.3) is 0 Å². The average Bonchev–Trinajstić information content (AvgIpc) is 2.53. The predicted molar refractivity (Wildman–Crippen MR) is 53.3 cm³/mol. The van der Waals surface area contributed by atoms with Crippen LogP contribution in [-0.4, -0.2) is 25.2 Å². The maximum absolute atomic E-state index is 3.79. The van der Waals surface area contributed by atoms with Gasteiger partial charge in [-0.2, -0.15) is 0 Å². The van der Waals surface area contributed by atoms with E-state index < -0.39 is 0 Å². The van der Waals surface area contributed by atoms with E-state index in [1.54, 1.807) is 0 Å². The van der Waals surface area contributed by atoms with Gasteiger partial charge < -0.3 is 10.6 Å². The molecule has 2 unspecified atom stereocenters. The first-order chi connectivity index (χ1) is 5.86. The largest absolute Gasteiger partial charge is 0.315 e. The molecule has 0 aliphatic carbocycles. The fourth-order valence-corrected chi connectivity index (χ4v) is 1.65. The smallest absolute Gasteiger partial charge is 0.0251 e. The fourth-order valence-electron chi connectivity index (χ4n) is 1.65. The van der Waals surface area contributed by atoms with Crippen molar-refractivity contribution >= 4 is 0 Å². The zero-order valence-electron chi connectivity index (χ0n) is 7.97.